The lowest BCUT2D eigenvalue weighted by Crippen LogP contribution is -2.25. The van der Waals surface area contributed by atoms with Gasteiger partial charge in [0.05, 0.1) is 13.2 Å². The van der Waals surface area contributed by atoms with Gasteiger partial charge in [-0.2, -0.15) is 5.10 Å². The number of benzene rings is 1. The number of ether oxygens (including phenoxy) is 1. The van der Waals surface area contributed by atoms with Gasteiger partial charge in [-0.05, 0) is 30.7 Å². The largest absolute Gasteiger partial charge is 0.497 e. The van der Waals surface area contributed by atoms with Gasteiger partial charge in [0, 0.05) is 6.08 Å². The first-order chi connectivity index (χ1) is 9.69. The molecule has 0 fully saturated rings. The predicted octanol–water partition coefficient (Wildman–Crippen LogP) is 1.70. The van der Waals surface area contributed by atoms with Crippen LogP contribution < -0.4 is 10.1 Å². The number of carbonyl (C=O) groups is 1. The fourth-order valence-corrected chi connectivity index (χ4v) is 1.64. The average molecular weight is 272 g/mol. The zero-order chi connectivity index (χ0) is 14.4. The Morgan fingerprint density at radius 1 is 1.40 bits per heavy atom. The molecule has 1 heterocycles. The van der Waals surface area contributed by atoms with Gasteiger partial charge in [0.25, 0.3) is 0 Å². The van der Waals surface area contributed by atoms with E-state index in [9.17, 15) is 4.79 Å². The molecule has 0 radical (unpaired) electrons. The summed E-state index contributed by atoms with van der Waals surface area (Å²) in [6.07, 6.45) is 4.63. The molecule has 1 amide bonds. The maximum atomic E-state index is 11.8. The third-order valence-electron chi connectivity index (χ3n) is 2.75. The van der Waals surface area contributed by atoms with E-state index in [0.29, 0.717) is 5.82 Å². The van der Waals surface area contributed by atoms with Crippen molar-refractivity contribution in [2.45, 2.75) is 13.0 Å². The Balaban J connectivity index is 1.91. The third kappa shape index (κ3) is 3.68. The lowest BCUT2D eigenvalue weighted by Gasteiger charge is -2.08. The summed E-state index contributed by atoms with van der Waals surface area (Å²) in [5, 5.41) is 9.25. The van der Waals surface area contributed by atoms with Crippen LogP contribution in [0.3, 0.4) is 0 Å². The Labute approximate surface area is 116 Å². The molecule has 0 bridgehead atoms. The smallest absolute Gasteiger partial charge is 0.244 e. The van der Waals surface area contributed by atoms with Crippen LogP contribution in [0.5, 0.6) is 5.75 Å². The lowest BCUT2D eigenvalue weighted by molar-refractivity contribution is -0.117. The van der Waals surface area contributed by atoms with Gasteiger partial charge in [-0.1, -0.05) is 12.1 Å². The van der Waals surface area contributed by atoms with Crippen molar-refractivity contribution in [1.82, 2.24) is 20.5 Å². The number of hydrogen-bond donors (Lipinski definition) is 2. The summed E-state index contributed by atoms with van der Waals surface area (Å²) < 4.78 is 5.07. The highest BCUT2D eigenvalue weighted by atomic mass is 16.5. The summed E-state index contributed by atoms with van der Waals surface area (Å²) in [5.41, 5.74) is 0.924. The fraction of sp³-hybridized carbons (Fsp3) is 0.214. The van der Waals surface area contributed by atoms with Crippen LogP contribution in [-0.2, 0) is 4.79 Å². The van der Waals surface area contributed by atoms with Crippen LogP contribution in [0.15, 0.2) is 36.7 Å². The Bertz CT molecular complexity index is 576. The average Bonchev–Trinajstić information content (AvgIpc) is 3.00. The maximum absolute atomic E-state index is 11.8. The highest BCUT2D eigenvalue weighted by molar-refractivity contribution is 5.91. The van der Waals surface area contributed by atoms with Gasteiger partial charge in [-0.15, -0.1) is 0 Å². The standard InChI is InChI=1S/C14H16N4O2/c1-10(14-15-9-16-18-14)17-13(19)8-5-11-3-6-12(20-2)7-4-11/h3-10H,1-2H3,(H,17,19)(H,15,16,18)/b8-5+. The Hall–Kier alpha value is -2.63. The molecule has 0 saturated carbocycles. The monoisotopic (exact) mass is 272 g/mol. The van der Waals surface area contributed by atoms with Gasteiger partial charge in [-0.3, -0.25) is 9.89 Å². The van der Waals surface area contributed by atoms with E-state index >= 15 is 0 Å². The molecule has 2 rings (SSSR count). The summed E-state index contributed by atoms with van der Waals surface area (Å²) in [4.78, 5) is 15.7. The zero-order valence-corrected chi connectivity index (χ0v) is 11.3. The highest BCUT2D eigenvalue weighted by Gasteiger charge is 2.09. The molecular weight excluding hydrogens is 256 g/mol. The van der Waals surface area contributed by atoms with E-state index in [1.165, 1.54) is 12.4 Å². The van der Waals surface area contributed by atoms with Crippen molar-refractivity contribution in [3.63, 3.8) is 0 Å². The molecule has 6 nitrogen and oxygen atoms in total. The van der Waals surface area contributed by atoms with Crippen LogP contribution in [-0.4, -0.2) is 28.2 Å². The number of methoxy groups -OCH3 is 1. The summed E-state index contributed by atoms with van der Waals surface area (Å²) in [6.45, 7) is 1.83. The van der Waals surface area contributed by atoms with Crippen molar-refractivity contribution >= 4 is 12.0 Å². The molecule has 6 heteroatoms. The van der Waals surface area contributed by atoms with Gasteiger partial charge < -0.3 is 10.1 Å². The quantitative estimate of drug-likeness (QED) is 0.812. The Kier molecular flexibility index (Phi) is 4.49. The number of rotatable bonds is 5. The molecule has 2 aromatic rings. The molecule has 1 atom stereocenters. The van der Waals surface area contributed by atoms with Crippen LogP contribution in [0.4, 0.5) is 0 Å². The molecule has 0 spiro atoms. The summed E-state index contributed by atoms with van der Waals surface area (Å²) in [5.74, 6) is 1.21. The molecule has 2 N–H and O–H groups in total. The topological polar surface area (TPSA) is 79.9 Å². The predicted molar refractivity (Wildman–Crippen MR) is 75.0 cm³/mol. The molecule has 0 aliphatic carbocycles. The summed E-state index contributed by atoms with van der Waals surface area (Å²) >= 11 is 0. The molecule has 1 aromatic heterocycles. The highest BCUT2D eigenvalue weighted by Crippen LogP contribution is 2.12. The van der Waals surface area contributed by atoms with Crippen LogP contribution in [0.25, 0.3) is 6.08 Å². The number of amides is 1. The van der Waals surface area contributed by atoms with E-state index in [4.69, 9.17) is 4.74 Å². The summed E-state index contributed by atoms with van der Waals surface area (Å²) in [7, 11) is 1.61. The molecule has 20 heavy (non-hydrogen) atoms. The van der Waals surface area contributed by atoms with Gasteiger partial charge in [-0.25, -0.2) is 4.98 Å². The minimum absolute atomic E-state index is 0.190. The van der Waals surface area contributed by atoms with Crippen molar-refractivity contribution in [3.05, 3.63) is 48.1 Å². The van der Waals surface area contributed by atoms with Crippen molar-refractivity contribution in [1.29, 1.82) is 0 Å². The molecule has 1 unspecified atom stereocenters. The number of nitrogens with zero attached hydrogens (tertiary/aromatic N) is 2. The Morgan fingerprint density at radius 2 is 2.15 bits per heavy atom. The van der Waals surface area contributed by atoms with Crippen LogP contribution in [0, 0.1) is 0 Å². The first-order valence-corrected chi connectivity index (χ1v) is 6.17. The zero-order valence-electron chi connectivity index (χ0n) is 11.3. The molecule has 0 saturated heterocycles. The molecule has 1 aromatic carbocycles. The number of carbonyl (C=O) groups excluding carboxylic acids is 1. The van der Waals surface area contributed by atoms with E-state index in [0.717, 1.165) is 11.3 Å². The maximum Gasteiger partial charge on any atom is 0.244 e. The third-order valence-corrected chi connectivity index (χ3v) is 2.75. The minimum Gasteiger partial charge on any atom is -0.497 e. The summed E-state index contributed by atoms with van der Waals surface area (Å²) in [6, 6.07) is 7.22. The number of H-pyrrole nitrogens is 1. The van der Waals surface area contributed by atoms with Crippen LogP contribution in [0.1, 0.15) is 24.4 Å². The first-order valence-electron chi connectivity index (χ1n) is 6.17. The van der Waals surface area contributed by atoms with Crippen molar-refractivity contribution in [2.75, 3.05) is 7.11 Å². The Morgan fingerprint density at radius 3 is 2.75 bits per heavy atom. The van der Waals surface area contributed by atoms with E-state index in [2.05, 4.69) is 20.5 Å². The van der Waals surface area contributed by atoms with Gasteiger partial charge in [0.1, 0.15) is 17.9 Å². The number of hydrogen-bond acceptors (Lipinski definition) is 4. The first kappa shape index (κ1) is 13.8. The van der Waals surface area contributed by atoms with Crippen molar-refractivity contribution in [2.24, 2.45) is 0 Å². The molecule has 104 valence electrons. The van der Waals surface area contributed by atoms with E-state index < -0.39 is 0 Å². The van der Waals surface area contributed by atoms with E-state index in [-0.39, 0.29) is 11.9 Å². The normalized spacial score (nSPS) is 12.3. The molecule has 0 aliphatic heterocycles. The number of aromatic nitrogens is 3. The second-order valence-corrected chi connectivity index (χ2v) is 4.21. The van der Waals surface area contributed by atoms with Gasteiger partial charge >= 0.3 is 0 Å². The van der Waals surface area contributed by atoms with Crippen LogP contribution in [0.2, 0.25) is 0 Å². The fourth-order valence-electron chi connectivity index (χ4n) is 1.64. The second-order valence-electron chi connectivity index (χ2n) is 4.21. The second kappa shape index (κ2) is 6.51. The van der Waals surface area contributed by atoms with Crippen molar-refractivity contribution in [3.8, 4) is 5.75 Å². The van der Waals surface area contributed by atoms with Gasteiger partial charge in [0.2, 0.25) is 5.91 Å². The molecular formula is C14H16N4O2. The SMILES string of the molecule is COc1ccc(/C=C/C(=O)NC(C)c2ncn[nH]2)cc1. The minimum atomic E-state index is -0.217. The van der Waals surface area contributed by atoms with Crippen LogP contribution >= 0.6 is 0 Å². The lowest BCUT2D eigenvalue weighted by atomic mass is 10.2. The van der Waals surface area contributed by atoms with E-state index in [1.807, 2.05) is 31.2 Å². The van der Waals surface area contributed by atoms with Gasteiger partial charge in [0.15, 0.2) is 0 Å². The van der Waals surface area contributed by atoms with E-state index in [1.54, 1.807) is 13.2 Å². The van der Waals surface area contributed by atoms with Crippen molar-refractivity contribution < 1.29 is 9.53 Å². The molecule has 0 aliphatic rings. The number of nitrogens with one attached hydrogen (secondary N) is 2. The number of aromatic amines is 1.